The van der Waals surface area contributed by atoms with E-state index in [0.29, 0.717) is 18.0 Å². The molecule has 98 valence electrons. The van der Waals surface area contributed by atoms with Gasteiger partial charge in [-0.1, -0.05) is 6.92 Å². The molecule has 18 heavy (non-hydrogen) atoms. The van der Waals surface area contributed by atoms with Crippen LogP contribution in [0.5, 0.6) is 0 Å². The van der Waals surface area contributed by atoms with Crippen molar-refractivity contribution in [3.05, 3.63) is 24.0 Å². The number of hydrogen-bond donors (Lipinski definition) is 2. The highest BCUT2D eigenvalue weighted by molar-refractivity contribution is 5.91. The third-order valence-corrected chi connectivity index (χ3v) is 2.02. The number of carbonyl (C=O) groups excluding carboxylic acids is 1. The van der Waals surface area contributed by atoms with Crippen LogP contribution in [0.25, 0.3) is 0 Å². The summed E-state index contributed by atoms with van der Waals surface area (Å²) in [6, 6.07) is 3.18. The molecule has 0 spiro atoms. The average molecular weight is 252 g/mol. The zero-order valence-corrected chi connectivity index (χ0v) is 10.2. The van der Waals surface area contributed by atoms with E-state index in [2.05, 4.69) is 10.3 Å². The summed E-state index contributed by atoms with van der Waals surface area (Å²) in [6.45, 7) is 2.51. The minimum Gasteiger partial charge on any atom is -0.481 e. The summed E-state index contributed by atoms with van der Waals surface area (Å²) in [7, 11) is 0. The number of nitrogens with one attached hydrogen (secondary N) is 1. The summed E-state index contributed by atoms with van der Waals surface area (Å²) in [6.07, 6.45) is 2.16. The van der Waals surface area contributed by atoms with Gasteiger partial charge in [0.2, 0.25) is 5.91 Å². The first-order valence-corrected chi connectivity index (χ1v) is 5.66. The van der Waals surface area contributed by atoms with Crippen molar-refractivity contribution in [1.29, 1.82) is 0 Å². The van der Waals surface area contributed by atoms with Crippen LogP contribution in [0.2, 0.25) is 0 Å². The van der Waals surface area contributed by atoms with Crippen LogP contribution in [0.1, 0.15) is 19.0 Å². The molecule has 0 aliphatic rings. The Labute approximate surface area is 105 Å². The number of ether oxygens (including phenoxy) is 1. The van der Waals surface area contributed by atoms with E-state index in [9.17, 15) is 9.59 Å². The largest absolute Gasteiger partial charge is 0.481 e. The number of aliphatic carboxylic acids is 1. The fourth-order valence-electron chi connectivity index (χ4n) is 1.26. The van der Waals surface area contributed by atoms with Crippen LogP contribution in [-0.2, 0) is 20.7 Å². The molecule has 2 N–H and O–H groups in total. The van der Waals surface area contributed by atoms with E-state index >= 15 is 0 Å². The molecule has 0 saturated carbocycles. The highest BCUT2D eigenvalue weighted by atomic mass is 16.5. The number of nitrogens with zero attached hydrogens (tertiary/aromatic N) is 1. The number of carbonyl (C=O) groups is 2. The molecule has 1 amide bonds. The van der Waals surface area contributed by atoms with Gasteiger partial charge >= 0.3 is 5.97 Å². The van der Waals surface area contributed by atoms with Crippen LogP contribution >= 0.6 is 0 Å². The number of amides is 1. The predicted octanol–water partition coefficient (Wildman–Crippen LogP) is 1.07. The minimum absolute atomic E-state index is 0.00468. The Morgan fingerprint density at radius 1 is 1.44 bits per heavy atom. The Bertz CT molecular complexity index is 403. The van der Waals surface area contributed by atoms with Gasteiger partial charge < -0.3 is 15.2 Å². The van der Waals surface area contributed by atoms with Crippen LogP contribution in [0.15, 0.2) is 18.3 Å². The number of carboxylic acid groups (broad SMARTS) is 1. The number of carboxylic acids is 1. The molecular weight excluding hydrogens is 236 g/mol. The maximum absolute atomic E-state index is 11.4. The van der Waals surface area contributed by atoms with Crippen LogP contribution in [-0.4, -0.2) is 35.2 Å². The molecule has 0 radical (unpaired) electrons. The van der Waals surface area contributed by atoms with Crippen molar-refractivity contribution < 1.29 is 19.4 Å². The van der Waals surface area contributed by atoms with Crippen molar-refractivity contribution in [2.75, 3.05) is 18.5 Å². The second-order valence-corrected chi connectivity index (χ2v) is 3.71. The molecule has 0 saturated heterocycles. The first-order chi connectivity index (χ1) is 8.61. The lowest BCUT2D eigenvalue weighted by Gasteiger charge is -2.05. The molecule has 1 rings (SSSR count). The van der Waals surface area contributed by atoms with E-state index < -0.39 is 5.97 Å². The van der Waals surface area contributed by atoms with E-state index in [1.807, 2.05) is 6.92 Å². The third kappa shape index (κ3) is 5.40. The number of rotatable bonds is 7. The van der Waals surface area contributed by atoms with Gasteiger partial charge in [-0.2, -0.15) is 0 Å². The standard InChI is InChI=1S/C12H16N2O4/c1-2-5-18-8-11(15)14-10-4-3-9(13-7-10)6-12(16)17/h3-4,7H,2,5-6,8H2,1H3,(H,14,15)(H,16,17). The molecule has 6 nitrogen and oxygen atoms in total. The van der Waals surface area contributed by atoms with Gasteiger partial charge in [0.15, 0.2) is 0 Å². The molecule has 1 heterocycles. The zero-order chi connectivity index (χ0) is 13.4. The molecule has 6 heteroatoms. The highest BCUT2D eigenvalue weighted by Crippen LogP contribution is 2.06. The summed E-state index contributed by atoms with van der Waals surface area (Å²) in [5.41, 5.74) is 0.969. The molecule has 0 unspecified atom stereocenters. The normalized spacial score (nSPS) is 10.1. The number of anilines is 1. The van der Waals surface area contributed by atoms with E-state index in [-0.39, 0.29) is 18.9 Å². The second-order valence-electron chi connectivity index (χ2n) is 3.71. The fraction of sp³-hybridized carbons (Fsp3) is 0.417. The van der Waals surface area contributed by atoms with E-state index in [4.69, 9.17) is 9.84 Å². The van der Waals surface area contributed by atoms with Gasteiger partial charge in [0.05, 0.1) is 24.0 Å². The number of aromatic nitrogens is 1. The summed E-state index contributed by atoms with van der Waals surface area (Å²) < 4.78 is 5.08. The first-order valence-electron chi connectivity index (χ1n) is 5.66. The quantitative estimate of drug-likeness (QED) is 0.709. The molecule has 0 aromatic carbocycles. The fourth-order valence-corrected chi connectivity index (χ4v) is 1.26. The first kappa shape index (κ1) is 14.1. The number of pyridine rings is 1. The average Bonchev–Trinajstić information content (AvgIpc) is 2.31. The van der Waals surface area contributed by atoms with Gasteiger partial charge in [0.25, 0.3) is 0 Å². The van der Waals surface area contributed by atoms with Gasteiger partial charge in [-0.3, -0.25) is 14.6 Å². The molecular formula is C12H16N2O4. The van der Waals surface area contributed by atoms with Crippen molar-refractivity contribution in [1.82, 2.24) is 4.98 Å². The van der Waals surface area contributed by atoms with Gasteiger partial charge in [0.1, 0.15) is 6.61 Å². The smallest absolute Gasteiger partial charge is 0.309 e. The SMILES string of the molecule is CCCOCC(=O)Nc1ccc(CC(=O)O)nc1. The second kappa shape index (κ2) is 7.39. The Kier molecular flexibility index (Phi) is 5.79. The van der Waals surface area contributed by atoms with Crippen molar-refractivity contribution in [3.8, 4) is 0 Å². The summed E-state index contributed by atoms with van der Waals surface area (Å²) in [5.74, 6) is -1.19. The molecule has 1 aromatic rings. The Morgan fingerprint density at radius 3 is 2.78 bits per heavy atom. The lowest BCUT2D eigenvalue weighted by atomic mass is 10.2. The molecule has 0 bridgehead atoms. The molecule has 1 aromatic heterocycles. The predicted molar refractivity (Wildman–Crippen MR) is 65.3 cm³/mol. The zero-order valence-electron chi connectivity index (χ0n) is 10.2. The number of hydrogen-bond acceptors (Lipinski definition) is 4. The van der Waals surface area contributed by atoms with Gasteiger partial charge in [-0.25, -0.2) is 0 Å². The van der Waals surface area contributed by atoms with Gasteiger partial charge in [-0.15, -0.1) is 0 Å². The highest BCUT2D eigenvalue weighted by Gasteiger charge is 2.04. The lowest BCUT2D eigenvalue weighted by molar-refractivity contribution is -0.136. The monoisotopic (exact) mass is 252 g/mol. The molecule has 0 atom stereocenters. The van der Waals surface area contributed by atoms with Crippen molar-refractivity contribution in [3.63, 3.8) is 0 Å². The molecule has 0 aliphatic carbocycles. The van der Waals surface area contributed by atoms with Gasteiger partial charge in [0, 0.05) is 6.61 Å². The Balaban J connectivity index is 2.43. The maximum Gasteiger partial charge on any atom is 0.309 e. The Hall–Kier alpha value is -1.95. The Morgan fingerprint density at radius 2 is 2.22 bits per heavy atom. The van der Waals surface area contributed by atoms with Crippen molar-refractivity contribution in [2.45, 2.75) is 19.8 Å². The van der Waals surface area contributed by atoms with Crippen LogP contribution < -0.4 is 5.32 Å². The third-order valence-electron chi connectivity index (χ3n) is 2.02. The summed E-state index contributed by atoms with van der Waals surface area (Å²) in [4.78, 5) is 25.8. The molecule has 0 aliphatic heterocycles. The van der Waals surface area contributed by atoms with Crippen LogP contribution in [0.4, 0.5) is 5.69 Å². The van der Waals surface area contributed by atoms with E-state index in [0.717, 1.165) is 6.42 Å². The topological polar surface area (TPSA) is 88.5 Å². The lowest BCUT2D eigenvalue weighted by Crippen LogP contribution is -2.18. The molecule has 0 fully saturated rings. The minimum atomic E-state index is -0.938. The van der Waals surface area contributed by atoms with Crippen molar-refractivity contribution in [2.24, 2.45) is 0 Å². The maximum atomic E-state index is 11.4. The summed E-state index contributed by atoms with van der Waals surface area (Å²) >= 11 is 0. The summed E-state index contributed by atoms with van der Waals surface area (Å²) in [5, 5.41) is 11.2. The van der Waals surface area contributed by atoms with E-state index in [1.54, 1.807) is 12.1 Å². The van der Waals surface area contributed by atoms with Crippen molar-refractivity contribution >= 4 is 17.6 Å². The van der Waals surface area contributed by atoms with Gasteiger partial charge in [-0.05, 0) is 18.6 Å². The van der Waals surface area contributed by atoms with Crippen LogP contribution in [0, 0.1) is 0 Å². The van der Waals surface area contributed by atoms with Crippen LogP contribution in [0.3, 0.4) is 0 Å². The van der Waals surface area contributed by atoms with E-state index in [1.165, 1.54) is 6.20 Å².